The van der Waals surface area contributed by atoms with Crippen molar-refractivity contribution in [2.24, 2.45) is 0 Å². The molecule has 0 aliphatic heterocycles. The maximum atomic E-state index is 12.4. The molecule has 1 unspecified atom stereocenters. The summed E-state index contributed by atoms with van der Waals surface area (Å²) in [4.78, 5) is 17.4. The number of benzene rings is 2. The first kappa shape index (κ1) is 17.1. The van der Waals surface area contributed by atoms with Crippen LogP contribution in [-0.2, 0) is 10.8 Å². The molecule has 3 aromatic rings. The zero-order valence-electron chi connectivity index (χ0n) is 14.2. The van der Waals surface area contributed by atoms with Crippen LogP contribution in [0, 0.1) is 13.8 Å². The maximum absolute atomic E-state index is 12.4. The third kappa shape index (κ3) is 3.85. The molecule has 0 saturated carbocycles. The number of anilines is 1. The summed E-state index contributed by atoms with van der Waals surface area (Å²) in [5.74, 6) is 1.07. The van der Waals surface area contributed by atoms with Crippen LogP contribution < -0.4 is 5.32 Å². The largest absolute Gasteiger partial charge is 0.441 e. The van der Waals surface area contributed by atoms with Crippen molar-refractivity contribution in [2.75, 3.05) is 11.6 Å². The zero-order valence-corrected chi connectivity index (χ0v) is 15.0. The average Bonchev–Trinajstić information content (AvgIpc) is 2.94. The van der Waals surface area contributed by atoms with Crippen LogP contribution >= 0.6 is 0 Å². The molecule has 0 aliphatic rings. The Morgan fingerprint density at radius 1 is 1.12 bits per heavy atom. The molecule has 0 bridgehead atoms. The van der Waals surface area contributed by atoms with Gasteiger partial charge >= 0.3 is 0 Å². The highest BCUT2D eigenvalue weighted by Crippen LogP contribution is 2.24. The first-order valence-corrected chi connectivity index (χ1v) is 9.29. The molecule has 1 amide bonds. The molecule has 0 radical (unpaired) electrons. The maximum Gasteiger partial charge on any atom is 0.255 e. The van der Waals surface area contributed by atoms with E-state index in [2.05, 4.69) is 10.3 Å². The van der Waals surface area contributed by atoms with Crippen molar-refractivity contribution in [3.8, 4) is 11.5 Å². The van der Waals surface area contributed by atoms with Crippen LogP contribution in [0.4, 0.5) is 5.69 Å². The van der Waals surface area contributed by atoms with Gasteiger partial charge in [-0.25, -0.2) is 4.98 Å². The SMILES string of the molecule is Cc1nc(-c2cccc(NC(=O)c3ccc(S(C)=O)cc3)c2)oc1C. The summed E-state index contributed by atoms with van der Waals surface area (Å²) < 4.78 is 17.0. The number of hydrogen-bond acceptors (Lipinski definition) is 4. The molecule has 2 aromatic carbocycles. The lowest BCUT2D eigenvalue weighted by Crippen LogP contribution is -2.11. The van der Waals surface area contributed by atoms with Crippen molar-refractivity contribution < 1.29 is 13.4 Å². The molecule has 1 N–H and O–H groups in total. The first-order chi connectivity index (χ1) is 11.9. The molecule has 1 atom stereocenters. The fourth-order valence-electron chi connectivity index (χ4n) is 2.33. The molecule has 0 fully saturated rings. The van der Waals surface area contributed by atoms with Crippen molar-refractivity contribution in [3.05, 3.63) is 65.5 Å². The van der Waals surface area contributed by atoms with Crippen LogP contribution in [0.5, 0.6) is 0 Å². The third-order valence-electron chi connectivity index (χ3n) is 3.84. The number of nitrogens with one attached hydrogen (secondary N) is 1. The summed E-state index contributed by atoms with van der Waals surface area (Å²) >= 11 is 0. The summed E-state index contributed by atoms with van der Waals surface area (Å²) in [6.45, 7) is 3.76. The number of nitrogens with zero attached hydrogens (tertiary/aromatic N) is 1. The van der Waals surface area contributed by atoms with E-state index in [4.69, 9.17) is 4.42 Å². The van der Waals surface area contributed by atoms with Gasteiger partial charge in [-0.3, -0.25) is 9.00 Å². The number of aryl methyl sites for hydroxylation is 2. The van der Waals surface area contributed by atoms with E-state index in [-0.39, 0.29) is 5.91 Å². The van der Waals surface area contributed by atoms with E-state index in [1.165, 1.54) is 0 Å². The highest BCUT2D eigenvalue weighted by atomic mass is 32.2. The Morgan fingerprint density at radius 3 is 2.44 bits per heavy atom. The fourth-order valence-corrected chi connectivity index (χ4v) is 2.85. The third-order valence-corrected chi connectivity index (χ3v) is 4.78. The van der Waals surface area contributed by atoms with Gasteiger partial charge in [0.15, 0.2) is 0 Å². The molecule has 25 heavy (non-hydrogen) atoms. The second kappa shape index (κ2) is 7.03. The summed E-state index contributed by atoms with van der Waals surface area (Å²) in [6.07, 6.45) is 1.60. The molecule has 6 heteroatoms. The monoisotopic (exact) mass is 354 g/mol. The topological polar surface area (TPSA) is 72.2 Å². The molecular weight excluding hydrogens is 336 g/mol. The van der Waals surface area contributed by atoms with Crippen LogP contribution in [0.2, 0.25) is 0 Å². The van der Waals surface area contributed by atoms with Gasteiger partial charge in [-0.2, -0.15) is 0 Å². The molecule has 5 nitrogen and oxygen atoms in total. The Balaban J connectivity index is 1.79. The highest BCUT2D eigenvalue weighted by molar-refractivity contribution is 7.84. The van der Waals surface area contributed by atoms with E-state index < -0.39 is 10.8 Å². The molecule has 0 aliphatic carbocycles. The summed E-state index contributed by atoms with van der Waals surface area (Å²) in [5.41, 5.74) is 2.80. The number of carbonyl (C=O) groups is 1. The standard InChI is InChI=1S/C19H18N2O3S/c1-12-13(2)24-19(20-12)15-5-4-6-16(11-15)21-18(22)14-7-9-17(10-8-14)25(3)23/h4-11H,1-3H3,(H,21,22). The molecule has 0 saturated heterocycles. The van der Waals surface area contributed by atoms with Gasteiger partial charge in [0.1, 0.15) is 5.76 Å². The van der Waals surface area contributed by atoms with E-state index >= 15 is 0 Å². The Hall–Kier alpha value is -2.73. The molecular formula is C19H18N2O3S. The lowest BCUT2D eigenvalue weighted by atomic mass is 10.1. The van der Waals surface area contributed by atoms with E-state index in [0.29, 0.717) is 22.0 Å². The number of rotatable bonds is 4. The van der Waals surface area contributed by atoms with E-state index in [0.717, 1.165) is 17.0 Å². The first-order valence-electron chi connectivity index (χ1n) is 7.73. The predicted octanol–water partition coefficient (Wildman–Crippen LogP) is 3.95. The van der Waals surface area contributed by atoms with E-state index in [1.54, 1.807) is 36.6 Å². The van der Waals surface area contributed by atoms with Crippen LogP contribution in [0.25, 0.3) is 11.5 Å². The Bertz CT molecular complexity index is 926. The fraction of sp³-hybridized carbons (Fsp3) is 0.158. The average molecular weight is 354 g/mol. The Kier molecular flexibility index (Phi) is 4.81. The van der Waals surface area contributed by atoms with Gasteiger partial charge in [0.25, 0.3) is 5.91 Å². The quantitative estimate of drug-likeness (QED) is 0.770. The predicted molar refractivity (Wildman–Crippen MR) is 98.1 cm³/mol. The van der Waals surface area contributed by atoms with Crippen molar-refractivity contribution in [2.45, 2.75) is 18.7 Å². The van der Waals surface area contributed by atoms with Gasteiger partial charge < -0.3 is 9.73 Å². The molecule has 0 spiro atoms. The van der Waals surface area contributed by atoms with Crippen molar-refractivity contribution in [3.63, 3.8) is 0 Å². The van der Waals surface area contributed by atoms with Crippen molar-refractivity contribution in [1.82, 2.24) is 4.98 Å². The van der Waals surface area contributed by atoms with E-state index in [1.807, 2.05) is 32.0 Å². The highest BCUT2D eigenvalue weighted by Gasteiger charge is 2.11. The van der Waals surface area contributed by atoms with Crippen LogP contribution in [-0.4, -0.2) is 21.4 Å². The molecule has 1 heterocycles. The summed E-state index contributed by atoms with van der Waals surface area (Å²) in [7, 11) is -1.06. The molecule has 3 rings (SSSR count). The smallest absolute Gasteiger partial charge is 0.255 e. The zero-order chi connectivity index (χ0) is 18.0. The van der Waals surface area contributed by atoms with Gasteiger partial charge in [-0.1, -0.05) is 6.07 Å². The molecule has 1 aromatic heterocycles. The number of oxazole rings is 1. The van der Waals surface area contributed by atoms with Gasteiger partial charge in [-0.05, 0) is 56.3 Å². The summed E-state index contributed by atoms with van der Waals surface area (Å²) in [6, 6.07) is 14.1. The van der Waals surface area contributed by atoms with Crippen LogP contribution in [0.15, 0.2) is 57.8 Å². The normalized spacial score (nSPS) is 12.0. The number of hydrogen-bond donors (Lipinski definition) is 1. The second-order valence-electron chi connectivity index (χ2n) is 5.67. The van der Waals surface area contributed by atoms with Gasteiger partial charge in [0.05, 0.1) is 5.69 Å². The second-order valence-corrected chi connectivity index (χ2v) is 7.05. The lowest BCUT2D eigenvalue weighted by molar-refractivity contribution is 0.102. The molecule has 128 valence electrons. The minimum absolute atomic E-state index is 0.231. The number of aromatic nitrogens is 1. The van der Waals surface area contributed by atoms with Crippen LogP contribution in [0.3, 0.4) is 0 Å². The number of carbonyl (C=O) groups excluding carboxylic acids is 1. The van der Waals surface area contributed by atoms with E-state index in [9.17, 15) is 9.00 Å². The van der Waals surface area contributed by atoms with Gasteiger partial charge in [0, 0.05) is 38.8 Å². The Labute approximate surface area is 148 Å². The number of amides is 1. The van der Waals surface area contributed by atoms with Crippen molar-refractivity contribution >= 4 is 22.4 Å². The van der Waals surface area contributed by atoms with Gasteiger partial charge in [0.2, 0.25) is 5.89 Å². The minimum atomic E-state index is -1.06. The summed E-state index contributed by atoms with van der Waals surface area (Å²) in [5, 5.41) is 2.85. The van der Waals surface area contributed by atoms with Crippen LogP contribution in [0.1, 0.15) is 21.8 Å². The minimum Gasteiger partial charge on any atom is -0.441 e. The Morgan fingerprint density at radius 2 is 1.84 bits per heavy atom. The van der Waals surface area contributed by atoms with Crippen molar-refractivity contribution in [1.29, 1.82) is 0 Å². The lowest BCUT2D eigenvalue weighted by Gasteiger charge is -2.07. The van der Waals surface area contributed by atoms with Gasteiger partial charge in [-0.15, -0.1) is 0 Å².